The molecule has 0 spiro atoms. The number of hydrogen-bond donors (Lipinski definition) is 1. The van der Waals surface area contributed by atoms with Gasteiger partial charge in [-0.2, -0.15) is 0 Å². The van der Waals surface area contributed by atoms with Gasteiger partial charge in [-0.15, -0.1) is 0 Å². The predicted molar refractivity (Wildman–Crippen MR) is 59.3 cm³/mol. The fraction of sp³-hybridized carbons (Fsp3) is 0.667. The summed E-state index contributed by atoms with van der Waals surface area (Å²) in [6.07, 6.45) is 0.333. The zero-order valence-corrected chi connectivity index (χ0v) is 11.3. The third-order valence-electron chi connectivity index (χ3n) is 1.75. The number of carbonyl (C=O) groups is 3. The summed E-state index contributed by atoms with van der Waals surface area (Å²) in [7, 11) is -3.86. The van der Waals surface area contributed by atoms with Crippen molar-refractivity contribution in [2.24, 2.45) is 5.73 Å². The standard InChI is InChI=1S/C9H17NO6Si/c1-5-9(10)17(14-6(2)11,15-7(3)12)16-8(4)13/h9H,5,10H2,1-4H3. The van der Waals surface area contributed by atoms with Crippen LogP contribution in [0.25, 0.3) is 0 Å². The van der Waals surface area contributed by atoms with E-state index in [0.29, 0.717) is 6.42 Å². The molecule has 0 aliphatic rings. The van der Waals surface area contributed by atoms with E-state index in [4.69, 9.17) is 19.0 Å². The third kappa shape index (κ3) is 4.96. The van der Waals surface area contributed by atoms with Crippen molar-refractivity contribution < 1.29 is 27.7 Å². The molecule has 0 saturated carbocycles. The van der Waals surface area contributed by atoms with Crippen molar-refractivity contribution in [3.63, 3.8) is 0 Å². The first kappa shape index (κ1) is 15.6. The number of nitrogens with two attached hydrogens (primary N) is 1. The molecule has 2 N–H and O–H groups in total. The zero-order valence-electron chi connectivity index (χ0n) is 10.3. The molecule has 7 nitrogen and oxygen atoms in total. The second-order valence-corrected chi connectivity index (χ2v) is 5.96. The van der Waals surface area contributed by atoms with Crippen molar-refractivity contribution in [3.8, 4) is 0 Å². The van der Waals surface area contributed by atoms with Gasteiger partial charge in [0.1, 0.15) is 5.67 Å². The summed E-state index contributed by atoms with van der Waals surface area (Å²) < 4.78 is 14.7. The Hall–Kier alpha value is -1.41. The molecule has 0 amide bonds. The molecule has 0 aliphatic carbocycles. The Balaban J connectivity index is 5.24. The largest absolute Gasteiger partial charge is 0.722 e. The SMILES string of the molecule is CCC(N)[Si](OC(C)=O)(OC(C)=O)OC(C)=O. The molecule has 1 atom stereocenters. The smallest absolute Gasteiger partial charge is 0.454 e. The van der Waals surface area contributed by atoms with Gasteiger partial charge in [-0.3, -0.25) is 14.4 Å². The monoisotopic (exact) mass is 263 g/mol. The van der Waals surface area contributed by atoms with Crippen molar-refractivity contribution in [1.29, 1.82) is 0 Å². The van der Waals surface area contributed by atoms with Crippen LogP contribution < -0.4 is 5.73 Å². The number of rotatable bonds is 5. The maximum absolute atomic E-state index is 11.0. The van der Waals surface area contributed by atoms with Crippen LogP contribution in [-0.4, -0.2) is 32.4 Å². The quantitative estimate of drug-likeness (QED) is 0.690. The van der Waals surface area contributed by atoms with Crippen LogP contribution in [0.3, 0.4) is 0 Å². The molecule has 0 fully saturated rings. The molecule has 0 aromatic rings. The van der Waals surface area contributed by atoms with E-state index in [1.165, 1.54) is 0 Å². The van der Waals surface area contributed by atoms with E-state index in [1.54, 1.807) is 6.92 Å². The van der Waals surface area contributed by atoms with Gasteiger partial charge in [-0.05, 0) is 6.42 Å². The van der Waals surface area contributed by atoms with Gasteiger partial charge in [0, 0.05) is 20.8 Å². The number of hydrogen-bond acceptors (Lipinski definition) is 7. The summed E-state index contributed by atoms with van der Waals surface area (Å²) in [6, 6.07) is 0. The van der Waals surface area contributed by atoms with Gasteiger partial charge in [0.05, 0.1) is 0 Å². The summed E-state index contributed by atoms with van der Waals surface area (Å²) in [5.41, 5.74) is 4.89. The molecule has 0 rings (SSSR count). The molecule has 0 radical (unpaired) electrons. The lowest BCUT2D eigenvalue weighted by molar-refractivity contribution is -0.148. The van der Waals surface area contributed by atoms with Gasteiger partial charge >= 0.3 is 8.80 Å². The average Bonchev–Trinajstić information content (AvgIpc) is 2.12. The fourth-order valence-electron chi connectivity index (χ4n) is 1.14. The van der Waals surface area contributed by atoms with E-state index in [-0.39, 0.29) is 0 Å². The summed E-state index contributed by atoms with van der Waals surface area (Å²) in [5.74, 6) is -2.16. The van der Waals surface area contributed by atoms with Crippen LogP contribution in [0, 0.1) is 0 Å². The van der Waals surface area contributed by atoms with Crippen LogP contribution in [0.15, 0.2) is 0 Å². The number of carbonyl (C=O) groups excluding carboxylic acids is 3. The minimum atomic E-state index is -3.86. The van der Waals surface area contributed by atoms with Crippen LogP contribution in [0.4, 0.5) is 0 Å². The summed E-state index contributed by atoms with van der Waals surface area (Å²) >= 11 is 0. The first-order valence-electron chi connectivity index (χ1n) is 5.07. The van der Waals surface area contributed by atoms with Crippen LogP contribution in [-0.2, 0) is 27.7 Å². The van der Waals surface area contributed by atoms with E-state index >= 15 is 0 Å². The second kappa shape index (κ2) is 6.35. The predicted octanol–water partition coefficient (Wildman–Crippen LogP) is -0.109. The van der Waals surface area contributed by atoms with Crippen LogP contribution in [0.5, 0.6) is 0 Å². The van der Waals surface area contributed by atoms with Crippen molar-refractivity contribution >= 4 is 26.7 Å². The molecule has 0 aromatic heterocycles. The molecule has 0 heterocycles. The highest BCUT2D eigenvalue weighted by Crippen LogP contribution is 2.17. The van der Waals surface area contributed by atoms with Gasteiger partial charge in [0.25, 0.3) is 17.9 Å². The van der Waals surface area contributed by atoms with Gasteiger partial charge in [-0.1, -0.05) is 6.92 Å². The molecular weight excluding hydrogens is 246 g/mol. The minimum Gasteiger partial charge on any atom is -0.454 e. The maximum atomic E-state index is 11.0. The lowest BCUT2D eigenvalue weighted by atomic mass is 10.5. The summed E-state index contributed by atoms with van der Waals surface area (Å²) in [5, 5.41) is 0. The molecule has 1 unspecified atom stereocenters. The highest BCUT2D eigenvalue weighted by Gasteiger charge is 2.57. The molecule has 0 bridgehead atoms. The summed E-state index contributed by atoms with van der Waals surface area (Å²) in [6.45, 7) is 5.06. The average molecular weight is 263 g/mol. The van der Waals surface area contributed by atoms with Gasteiger partial charge in [0.2, 0.25) is 0 Å². The van der Waals surface area contributed by atoms with Crippen molar-refractivity contribution in [2.75, 3.05) is 0 Å². The Bertz CT molecular complexity index is 278. The van der Waals surface area contributed by atoms with E-state index in [2.05, 4.69) is 0 Å². The van der Waals surface area contributed by atoms with Gasteiger partial charge < -0.3 is 19.0 Å². The zero-order chi connectivity index (χ0) is 13.6. The van der Waals surface area contributed by atoms with E-state index in [9.17, 15) is 14.4 Å². The lowest BCUT2D eigenvalue weighted by Gasteiger charge is -2.29. The molecule has 8 heteroatoms. The lowest BCUT2D eigenvalue weighted by Crippen LogP contribution is -2.62. The molecule has 0 saturated heterocycles. The highest BCUT2D eigenvalue weighted by atomic mass is 28.4. The molecule has 0 aliphatic heterocycles. The van der Waals surface area contributed by atoms with E-state index in [0.717, 1.165) is 20.8 Å². The Morgan fingerprint density at radius 1 is 1.00 bits per heavy atom. The Labute approximate surface area is 101 Å². The normalized spacial score (nSPS) is 12.5. The maximum Gasteiger partial charge on any atom is 0.722 e. The third-order valence-corrected chi connectivity index (χ3v) is 4.78. The van der Waals surface area contributed by atoms with E-state index in [1.807, 2.05) is 0 Å². The van der Waals surface area contributed by atoms with Crippen LogP contribution in [0.2, 0.25) is 0 Å². The van der Waals surface area contributed by atoms with Crippen LogP contribution >= 0.6 is 0 Å². The Morgan fingerprint density at radius 2 is 1.29 bits per heavy atom. The van der Waals surface area contributed by atoms with Crippen LogP contribution in [0.1, 0.15) is 34.1 Å². The topological polar surface area (TPSA) is 105 Å². The Kier molecular flexibility index (Phi) is 5.83. The van der Waals surface area contributed by atoms with Crippen molar-refractivity contribution in [3.05, 3.63) is 0 Å². The van der Waals surface area contributed by atoms with Gasteiger partial charge in [-0.25, -0.2) is 0 Å². The highest BCUT2D eigenvalue weighted by molar-refractivity contribution is 6.67. The first-order chi connectivity index (χ1) is 7.73. The van der Waals surface area contributed by atoms with Crippen molar-refractivity contribution in [2.45, 2.75) is 39.8 Å². The Morgan fingerprint density at radius 3 is 1.47 bits per heavy atom. The van der Waals surface area contributed by atoms with Gasteiger partial charge in [0.15, 0.2) is 0 Å². The van der Waals surface area contributed by atoms with Crippen molar-refractivity contribution in [1.82, 2.24) is 0 Å². The molecule has 98 valence electrons. The first-order valence-corrected chi connectivity index (χ1v) is 6.88. The minimum absolute atomic E-state index is 0.333. The fourth-order valence-corrected chi connectivity index (χ4v) is 3.42. The van der Waals surface area contributed by atoms with E-state index < -0.39 is 32.4 Å². The molecule has 0 aromatic carbocycles. The molecule has 17 heavy (non-hydrogen) atoms. The summed E-state index contributed by atoms with van der Waals surface area (Å²) in [4.78, 5) is 33.1. The molecular formula is C9H17NO6Si. The second-order valence-electron chi connectivity index (χ2n) is 3.40.